The molecule has 0 N–H and O–H groups in total. The molecule has 0 atom stereocenters. The molecule has 0 fully saturated rings. The molecular weight excluding hydrogens is 417 g/mol. The molecule has 0 heterocycles. The number of halogens is 1. The number of nitrogens with zero attached hydrogens (tertiary/aromatic N) is 1. The minimum Gasteiger partial charge on any atom is -0.423 e. The summed E-state index contributed by atoms with van der Waals surface area (Å²) in [5.41, 5.74) is 2.24. The molecule has 0 unspecified atom stereocenters. The second kappa shape index (κ2) is 8.10. The molecule has 1 amide bonds. The van der Waals surface area contributed by atoms with Crippen molar-refractivity contribution in [2.75, 3.05) is 11.9 Å². The van der Waals surface area contributed by atoms with E-state index in [1.165, 1.54) is 6.08 Å². The quantitative estimate of drug-likeness (QED) is 0.309. The highest BCUT2D eigenvalue weighted by Gasteiger charge is 2.15. The van der Waals surface area contributed by atoms with E-state index in [4.69, 9.17) is 4.74 Å². The Morgan fingerprint density at radius 3 is 2.25 bits per heavy atom. The summed E-state index contributed by atoms with van der Waals surface area (Å²) in [6, 6.07) is 14.2. The summed E-state index contributed by atoms with van der Waals surface area (Å²) in [5, 5.41) is 0. The lowest BCUT2D eigenvalue weighted by atomic mass is 10.2. The number of hydrogen-bond donors (Lipinski definition) is 0. The fraction of sp³-hybridized carbons (Fsp3) is 0.158. The van der Waals surface area contributed by atoms with Gasteiger partial charge in [-0.1, -0.05) is 17.7 Å². The van der Waals surface area contributed by atoms with Crippen LogP contribution in [0.4, 0.5) is 5.69 Å². The Labute approximate surface area is 155 Å². The van der Waals surface area contributed by atoms with Crippen LogP contribution in [0.1, 0.15) is 24.2 Å². The van der Waals surface area contributed by atoms with E-state index in [9.17, 15) is 9.59 Å². The molecule has 0 bridgehead atoms. The van der Waals surface area contributed by atoms with Crippen LogP contribution in [-0.4, -0.2) is 18.9 Å². The number of hydrogen-bond acceptors (Lipinski definition) is 3. The molecule has 0 aliphatic rings. The highest BCUT2D eigenvalue weighted by molar-refractivity contribution is 14.1. The third-order valence-electron chi connectivity index (χ3n) is 3.24. The van der Waals surface area contributed by atoms with Gasteiger partial charge in [0.2, 0.25) is 0 Å². The standard InChI is InChI=1S/C19H18INO3/c1-13(2)12-18(22)24-15-10-8-14(9-11-15)19(23)21(3)17-7-5-4-6-16(17)20/h4-12H,1-3H3. The second-order valence-corrected chi connectivity index (χ2v) is 6.64. The molecule has 124 valence electrons. The highest BCUT2D eigenvalue weighted by Crippen LogP contribution is 2.23. The Bertz CT molecular complexity index is 777. The van der Waals surface area contributed by atoms with Crippen molar-refractivity contribution in [3.8, 4) is 5.75 Å². The van der Waals surface area contributed by atoms with Crippen molar-refractivity contribution < 1.29 is 14.3 Å². The zero-order chi connectivity index (χ0) is 17.7. The molecule has 2 rings (SSSR count). The number of para-hydroxylation sites is 1. The first kappa shape index (κ1) is 18.2. The van der Waals surface area contributed by atoms with Gasteiger partial charge in [0.25, 0.3) is 5.91 Å². The molecular formula is C19H18INO3. The van der Waals surface area contributed by atoms with Crippen LogP contribution in [0.2, 0.25) is 0 Å². The molecule has 24 heavy (non-hydrogen) atoms. The molecule has 2 aromatic rings. The van der Waals surface area contributed by atoms with Crippen molar-refractivity contribution in [3.05, 3.63) is 69.3 Å². The second-order valence-electron chi connectivity index (χ2n) is 5.48. The fourth-order valence-corrected chi connectivity index (χ4v) is 2.82. The molecule has 0 aliphatic heterocycles. The van der Waals surface area contributed by atoms with E-state index in [1.807, 2.05) is 38.1 Å². The Morgan fingerprint density at radius 1 is 1.04 bits per heavy atom. The molecule has 0 spiro atoms. The number of allylic oxidation sites excluding steroid dienone is 1. The van der Waals surface area contributed by atoms with Crippen LogP contribution >= 0.6 is 22.6 Å². The Balaban J connectivity index is 2.13. The normalized spacial score (nSPS) is 10.0. The van der Waals surface area contributed by atoms with Crippen molar-refractivity contribution >= 4 is 40.2 Å². The summed E-state index contributed by atoms with van der Waals surface area (Å²) in [4.78, 5) is 25.8. The maximum absolute atomic E-state index is 12.6. The smallest absolute Gasteiger partial charge is 0.336 e. The summed E-state index contributed by atoms with van der Waals surface area (Å²) in [6.07, 6.45) is 1.42. The van der Waals surface area contributed by atoms with Crippen LogP contribution < -0.4 is 9.64 Å². The average molecular weight is 435 g/mol. The summed E-state index contributed by atoms with van der Waals surface area (Å²) in [5.74, 6) is -0.141. The van der Waals surface area contributed by atoms with E-state index < -0.39 is 5.97 Å². The van der Waals surface area contributed by atoms with Gasteiger partial charge in [-0.2, -0.15) is 0 Å². The van der Waals surface area contributed by atoms with Gasteiger partial charge in [0.05, 0.1) is 5.69 Å². The Kier molecular flexibility index (Phi) is 6.14. The summed E-state index contributed by atoms with van der Waals surface area (Å²) in [6.45, 7) is 3.65. The van der Waals surface area contributed by atoms with Crippen molar-refractivity contribution in [1.82, 2.24) is 0 Å². The lowest BCUT2D eigenvalue weighted by Crippen LogP contribution is -2.26. The first-order valence-corrected chi connectivity index (χ1v) is 8.45. The maximum Gasteiger partial charge on any atom is 0.336 e. The van der Waals surface area contributed by atoms with Gasteiger partial charge in [-0.05, 0) is 72.8 Å². The highest BCUT2D eigenvalue weighted by atomic mass is 127. The minimum atomic E-state index is -0.426. The number of benzene rings is 2. The van der Waals surface area contributed by atoms with Gasteiger partial charge >= 0.3 is 5.97 Å². The number of carbonyl (C=O) groups is 2. The summed E-state index contributed by atoms with van der Waals surface area (Å²) >= 11 is 2.20. The zero-order valence-electron chi connectivity index (χ0n) is 13.7. The third kappa shape index (κ3) is 4.67. The number of carbonyl (C=O) groups excluding carboxylic acids is 2. The Morgan fingerprint density at radius 2 is 1.67 bits per heavy atom. The molecule has 5 heteroatoms. The number of ether oxygens (including phenoxy) is 1. The maximum atomic E-state index is 12.6. The van der Waals surface area contributed by atoms with Crippen molar-refractivity contribution in [2.45, 2.75) is 13.8 Å². The van der Waals surface area contributed by atoms with Gasteiger partial charge in [-0.15, -0.1) is 0 Å². The van der Waals surface area contributed by atoms with Crippen molar-refractivity contribution in [1.29, 1.82) is 0 Å². The number of amides is 1. The van der Waals surface area contributed by atoms with E-state index in [2.05, 4.69) is 22.6 Å². The third-order valence-corrected chi connectivity index (χ3v) is 4.16. The number of esters is 1. The number of rotatable bonds is 4. The van der Waals surface area contributed by atoms with Crippen LogP contribution in [0.15, 0.2) is 60.2 Å². The van der Waals surface area contributed by atoms with E-state index in [1.54, 1.807) is 36.2 Å². The van der Waals surface area contributed by atoms with Gasteiger partial charge in [0.15, 0.2) is 0 Å². The SMILES string of the molecule is CC(C)=CC(=O)Oc1ccc(C(=O)N(C)c2ccccc2I)cc1. The topological polar surface area (TPSA) is 46.6 Å². The largest absolute Gasteiger partial charge is 0.423 e. The first-order valence-electron chi connectivity index (χ1n) is 7.38. The minimum absolute atomic E-state index is 0.124. The van der Waals surface area contributed by atoms with Crippen LogP contribution in [-0.2, 0) is 4.79 Å². The molecule has 0 saturated heterocycles. The summed E-state index contributed by atoms with van der Waals surface area (Å²) in [7, 11) is 1.74. The average Bonchev–Trinajstić information content (AvgIpc) is 2.54. The van der Waals surface area contributed by atoms with E-state index >= 15 is 0 Å². The predicted molar refractivity (Wildman–Crippen MR) is 103 cm³/mol. The predicted octanol–water partition coefficient (Wildman–Crippen LogP) is 4.44. The number of anilines is 1. The van der Waals surface area contributed by atoms with Gasteiger partial charge in [0, 0.05) is 22.3 Å². The monoisotopic (exact) mass is 435 g/mol. The van der Waals surface area contributed by atoms with E-state index in [-0.39, 0.29) is 5.91 Å². The molecule has 2 aromatic carbocycles. The first-order chi connectivity index (χ1) is 11.4. The lowest BCUT2D eigenvalue weighted by Gasteiger charge is -2.19. The van der Waals surface area contributed by atoms with Crippen LogP contribution in [0.3, 0.4) is 0 Å². The lowest BCUT2D eigenvalue weighted by molar-refractivity contribution is -0.129. The molecule has 0 radical (unpaired) electrons. The van der Waals surface area contributed by atoms with E-state index in [0.29, 0.717) is 11.3 Å². The van der Waals surface area contributed by atoms with Crippen LogP contribution in [0.5, 0.6) is 5.75 Å². The van der Waals surface area contributed by atoms with Gasteiger partial charge < -0.3 is 9.64 Å². The molecule has 0 aromatic heterocycles. The van der Waals surface area contributed by atoms with Crippen LogP contribution in [0.25, 0.3) is 0 Å². The van der Waals surface area contributed by atoms with Gasteiger partial charge in [0.1, 0.15) is 5.75 Å². The fourth-order valence-electron chi connectivity index (χ4n) is 2.07. The van der Waals surface area contributed by atoms with Gasteiger partial charge in [-0.3, -0.25) is 4.79 Å². The molecule has 0 aliphatic carbocycles. The van der Waals surface area contributed by atoms with Crippen LogP contribution in [0, 0.1) is 3.57 Å². The molecule has 0 saturated carbocycles. The Hall–Kier alpha value is -2.15. The van der Waals surface area contributed by atoms with Gasteiger partial charge in [-0.25, -0.2) is 4.79 Å². The molecule has 4 nitrogen and oxygen atoms in total. The summed E-state index contributed by atoms with van der Waals surface area (Å²) < 4.78 is 6.18. The van der Waals surface area contributed by atoms with E-state index in [0.717, 1.165) is 14.8 Å². The van der Waals surface area contributed by atoms with Crippen molar-refractivity contribution in [2.24, 2.45) is 0 Å². The van der Waals surface area contributed by atoms with Crippen molar-refractivity contribution in [3.63, 3.8) is 0 Å². The zero-order valence-corrected chi connectivity index (χ0v) is 15.9.